The van der Waals surface area contributed by atoms with Crippen molar-refractivity contribution < 1.29 is 8.78 Å². The van der Waals surface area contributed by atoms with Crippen molar-refractivity contribution in [3.8, 4) is 0 Å². The highest BCUT2D eigenvalue weighted by atomic mass is 19.3. The number of nitrogens with two attached hydrogens (primary N) is 1. The standard InChI is InChI=1S/C12H24F2N2/c1-9-3-4-11(7-10(9)2)16(6-5-15)8-12(13)14/h9-12H,3-8,15H2,1-2H3. The summed E-state index contributed by atoms with van der Waals surface area (Å²) >= 11 is 0. The van der Waals surface area contributed by atoms with Crippen molar-refractivity contribution in [2.24, 2.45) is 17.6 Å². The fourth-order valence-corrected chi connectivity index (χ4v) is 2.62. The maximum atomic E-state index is 12.5. The van der Waals surface area contributed by atoms with Crippen LogP contribution in [0.5, 0.6) is 0 Å². The van der Waals surface area contributed by atoms with E-state index in [0.717, 1.165) is 25.2 Å². The topological polar surface area (TPSA) is 29.3 Å². The summed E-state index contributed by atoms with van der Waals surface area (Å²) in [6.07, 6.45) is 0.976. The normalized spacial score (nSPS) is 31.3. The van der Waals surface area contributed by atoms with E-state index in [1.165, 1.54) is 0 Å². The number of hydrogen-bond donors (Lipinski definition) is 1. The van der Waals surface area contributed by atoms with Gasteiger partial charge in [-0.3, -0.25) is 4.90 Å². The highest BCUT2D eigenvalue weighted by Crippen LogP contribution is 2.32. The summed E-state index contributed by atoms with van der Waals surface area (Å²) in [5.41, 5.74) is 5.49. The van der Waals surface area contributed by atoms with Crippen molar-refractivity contribution in [1.82, 2.24) is 4.90 Å². The quantitative estimate of drug-likeness (QED) is 0.791. The van der Waals surface area contributed by atoms with Crippen LogP contribution in [0.1, 0.15) is 33.1 Å². The lowest BCUT2D eigenvalue weighted by molar-refractivity contribution is 0.0416. The minimum Gasteiger partial charge on any atom is -0.329 e. The molecule has 3 unspecified atom stereocenters. The Morgan fingerprint density at radius 3 is 2.44 bits per heavy atom. The Hall–Kier alpha value is -0.220. The molecule has 1 rings (SSSR count). The molecule has 1 aliphatic carbocycles. The van der Waals surface area contributed by atoms with E-state index < -0.39 is 6.43 Å². The molecular formula is C12H24F2N2. The summed E-state index contributed by atoms with van der Waals surface area (Å²) in [6, 6.07) is 0.309. The molecule has 0 aromatic rings. The van der Waals surface area contributed by atoms with Crippen molar-refractivity contribution in [3.05, 3.63) is 0 Å². The average molecular weight is 234 g/mol. The lowest BCUT2D eigenvalue weighted by atomic mass is 9.78. The van der Waals surface area contributed by atoms with Crippen molar-refractivity contribution in [2.75, 3.05) is 19.6 Å². The summed E-state index contributed by atoms with van der Waals surface area (Å²) in [4.78, 5) is 1.88. The molecule has 0 radical (unpaired) electrons. The van der Waals surface area contributed by atoms with Gasteiger partial charge in [0.2, 0.25) is 0 Å². The molecule has 96 valence electrons. The molecule has 0 heterocycles. The van der Waals surface area contributed by atoms with Gasteiger partial charge in [-0.1, -0.05) is 13.8 Å². The van der Waals surface area contributed by atoms with E-state index in [-0.39, 0.29) is 6.54 Å². The molecule has 4 heteroatoms. The van der Waals surface area contributed by atoms with Crippen molar-refractivity contribution in [3.63, 3.8) is 0 Å². The molecule has 1 fully saturated rings. The number of hydrogen-bond acceptors (Lipinski definition) is 2. The second-order valence-electron chi connectivity index (χ2n) is 5.10. The van der Waals surface area contributed by atoms with Gasteiger partial charge in [-0.2, -0.15) is 0 Å². The smallest absolute Gasteiger partial charge is 0.251 e. The van der Waals surface area contributed by atoms with Gasteiger partial charge in [-0.15, -0.1) is 0 Å². The van der Waals surface area contributed by atoms with Gasteiger partial charge >= 0.3 is 0 Å². The van der Waals surface area contributed by atoms with Gasteiger partial charge in [0.1, 0.15) is 0 Å². The van der Waals surface area contributed by atoms with Crippen LogP contribution in [-0.4, -0.2) is 37.0 Å². The van der Waals surface area contributed by atoms with E-state index in [9.17, 15) is 8.78 Å². The third kappa shape index (κ3) is 3.98. The second kappa shape index (κ2) is 6.50. The van der Waals surface area contributed by atoms with Gasteiger partial charge in [0.25, 0.3) is 6.43 Å². The first-order valence-corrected chi connectivity index (χ1v) is 6.26. The first-order chi connectivity index (χ1) is 7.54. The van der Waals surface area contributed by atoms with Gasteiger partial charge in [0, 0.05) is 19.1 Å². The Morgan fingerprint density at radius 1 is 1.25 bits per heavy atom. The van der Waals surface area contributed by atoms with E-state index in [1.54, 1.807) is 0 Å². The van der Waals surface area contributed by atoms with Gasteiger partial charge in [0.15, 0.2) is 0 Å². The predicted octanol–water partition coefficient (Wildman–Crippen LogP) is 2.34. The van der Waals surface area contributed by atoms with Gasteiger partial charge in [-0.25, -0.2) is 8.78 Å². The van der Waals surface area contributed by atoms with Crippen molar-refractivity contribution in [1.29, 1.82) is 0 Å². The fourth-order valence-electron chi connectivity index (χ4n) is 2.62. The van der Waals surface area contributed by atoms with Crippen LogP contribution in [-0.2, 0) is 0 Å². The molecule has 16 heavy (non-hydrogen) atoms. The van der Waals surface area contributed by atoms with Gasteiger partial charge in [-0.05, 0) is 31.1 Å². The molecule has 0 bridgehead atoms. The summed E-state index contributed by atoms with van der Waals surface area (Å²) in [7, 11) is 0. The third-order valence-electron chi connectivity index (χ3n) is 3.88. The molecule has 1 saturated carbocycles. The molecule has 1 aliphatic rings. The van der Waals surface area contributed by atoms with Crippen LogP contribution in [0.25, 0.3) is 0 Å². The lowest BCUT2D eigenvalue weighted by Crippen LogP contribution is -2.44. The molecule has 0 saturated heterocycles. The first-order valence-electron chi connectivity index (χ1n) is 6.26. The zero-order valence-electron chi connectivity index (χ0n) is 10.3. The predicted molar refractivity (Wildman–Crippen MR) is 62.6 cm³/mol. The summed E-state index contributed by atoms with van der Waals surface area (Å²) in [5.74, 6) is 1.36. The van der Waals surface area contributed by atoms with Crippen molar-refractivity contribution in [2.45, 2.75) is 45.6 Å². The zero-order valence-corrected chi connectivity index (χ0v) is 10.3. The number of nitrogens with zero attached hydrogens (tertiary/aromatic N) is 1. The van der Waals surface area contributed by atoms with Crippen LogP contribution in [0, 0.1) is 11.8 Å². The monoisotopic (exact) mass is 234 g/mol. The van der Waals surface area contributed by atoms with Crippen LogP contribution >= 0.6 is 0 Å². The summed E-state index contributed by atoms with van der Waals surface area (Å²) in [6.45, 7) is 5.41. The van der Waals surface area contributed by atoms with E-state index in [0.29, 0.717) is 25.0 Å². The van der Waals surface area contributed by atoms with Crippen LogP contribution in [0.3, 0.4) is 0 Å². The molecule has 2 nitrogen and oxygen atoms in total. The molecule has 0 aromatic carbocycles. The zero-order chi connectivity index (χ0) is 12.1. The van der Waals surface area contributed by atoms with Gasteiger partial charge < -0.3 is 5.73 Å². The molecule has 3 atom stereocenters. The summed E-state index contributed by atoms with van der Waals surface area (Å²) < 4.78 is 24.9. The minimum atomic E-state index is -2.25. The highest BCUT2D eigenvalue weighted by molar-refractivity contribution is 4.82. The minimum absolute atomic E-state index is 0.122. The Labute approximate surface area is 97.2 Å². The van der Waals surface area contributed by atoms with Crippen LogP contribution in [0.2, 0.25) is 0 Å². The van der Waals surface area contributed by atoms with Gasteiger partial charge in [0.05, 0.1) is 6.54 Å². The highest BCUT2D eigenvalue weighted by Gasteiger charge is 2.29. The average Bonchev–Trinajstić information content (AvgIpc) is 2.21. The summed E-state index contributed by atoms with van der Waals surface area (Å²) in [5, 5.41) is 0. The Kier molecular flexibility index (Phi) is 5.62. The van der Waals surface area contributed by atoms with Crippen LogP contribution in [0.4, 0.5) is 8.78 Å². The number of rotatable bonds is 5. The maximum Gasteiger partial charge on any atom is 0.251 e. The van der Waals surface area contributed by atoms with E-state index in [2.05, 4.69) is 13.8 Å². The second-order valence-corrected chi connectivity index (χ2v) is 5.10. The largest absolute Gasteiger partial charge is 0.329 e. The van der Waals surface area contributed by atoms with E-state index in [4.69, 9.17) is 5.73 Å². The molecule has 0 aromatic heterocycles. The Balaban J connectivity index is 2.50. The number of halogens is 2. The lowest BCUT2D eigenvalue weighted by Gasteiger charge is -2.39. The molecular weight excluding hydrogens is 210 g/mol. The fraction of sp³-hybridized carbons (Fsp3) is 1.00. The molecule has 2 N–H and O–H groups in total. The van der Waals surface area contributed by atoms with Crippen LogP contribution in [0.15, 0.2) is 0 Å². The molecule has 0 spiro atoms. The Morgan fingerprint density at radius 2 is 1.94 bits per heavy atom. The SMILES string of the molecule is CC1CCC(N(CCN)CC(F)F)CC1C. The molecule has 0 aliphatic heterocycles. The van der Waals surface area contributed by atoms with E-state index in [1.807, 2.05) is 4.90 Å². The van der Waals surface area contributed by atoms with Crippen molar-refractivity contribution >= 4 is 0 Å². The molecule has 0 amide bonds. The Bertz CT molecular complexity index is 199. The number of alkyl halides is 2. The van der Waals surface area contributed by atoms with Crippen LogP contribution < -0.4 is 5.73 Å². The first kappa shape index (κ1) is 13.8. The maximum absolute atomic E-state index is 12.5. The van der Waals surface area contributed by atoms with E-state index >= 15 is 0 Å². The third-order valence-corrected chi connectivity index (χ3v) is 3.88.